The third kappa shape index (κ3) is 6.25. The quantitative estimate of drug-likeness (QED) is 0.372. The lowest BCUT2D eigenvalue weighted by Gasteiger charge is -2.37. The first kappa shape index (κ1) is 26.5. The Labute approximate surface area is 222 Å². The molecule has 0 spiro atoms. The summed E-state index contributed by atoms with van der Waals surface area (Å²) in [5.41, 5.74) is 1.64. The van der Waals surface area contributed by atoms with Gasteiger partial charge in [-0.1, -0.05) is 26.0 Å². The summed E-state index contributed by atoms with van der Waals surface area (Å²) in [6.45, 7) is 5.46. The summed E-state index contributed by atoms with van der Waals surface area (Å²) in [7, 11) is 3.20. The van der Waals surface area contributed by atoms with E-state index in [0.29, 0.717) is 42.5 Å². The molecule has 0 N–H and O–H groups in total. The van der Waals surface area contributed by atoms with Crippen molar-refractivity contribution in [2.45, 2.75) is 26.3 Å². The summed E-state index contributed by atoms with van der Waals surface area (Å²) in [6.07, 6.45) is 0.792. The van der Waals surface area contributed by atoms with Crippen molar-refractivity contribution < 1.29 is 23.8 Å². The Morgan fingerprint density at radius 2 is 1.76 bits per heavy atom. The van der Waals surface area contributed by atoms with E-state index in [1.165, 1.54) is 4.88 Å². The van der Waals surface area contributed by atoms with E-state index in [1.54, 1.807) is 54.7 Å². The molecule has 0 unspecified atom stereocenters. The van der Waals surface area contributed by atoms with Crippen molar-refractivity contribution in [2.75, 3.05) is 40.5 Å². The summed E-state index contributed by atoms with van der Waals surface area (Å²) >= 11 is 1.71. The first-order valence-corrected chi connectivity index (χ1v) is 13.3. The molecule has 1 aliphatic rings. The first-order chi connectivity index (χ1) is 17.9. The molecule has 0 aliphatic carbocycles. The van der Waals surface area contributed by atoms with Crippen LogP contribution in [0.25, 0.3) is 0 Å². The minimum Gasteiger partial charge on any atom is -0.497 e. The van der Waals surface area contributed by atoms with Gasteiger partial charge in [-0.3, -0.25) is 9.59 Å². The predicted octanol–water partition coefficient (Wildman–Crippen LogP) is 5.07. The molecule has 1 aliphatic heterocycles. The monoisotopic (exact) mass is 522 g/mol. The second kappa shape index (κ2) is 12.1. The lowest BCUT2D eigenvalue weighted by molar-refractivity contribution is -0.135. The SMILES string of the molecule is COc1ccc(C(=O)N(CC(=O)N2CCc3sccc3[C@H]2COc2ccccc2OC)CC(C)C)cc1. The molecule has 2 heterocycles. The van der Waals surface area contributed by atoms with E-state index in [9.17, 15) is 9.59 Å². The van der Waals surface area contributed by atoms with Crippen molar-refractivity contribution in [3.05, 3.63) is 76.0 Å². The summed E-state index contributed by atoms with van der Waals surface area (Å²) in [5, 5.41) is 2.06. The van der Waals surface area contributed by atoms with Crippen molar-refractivity contribution in [3.8, 4) is 17.2 Å². The van der Waals surface area contributed by atoms with Crippen molar-refractivity contribution >= 4 is 23.2 Å². The number of thiophene rings is 1. The molecule has 0 saturated heterocycles. The molecule has 37 heavy (non-hydrogen) atoms. The standard InChI is InChI=1S/C29H34N2O5S/c1-20(2)17-30(29(33)21-9-11-22(34-3)12-10-21)18-28(32)31-15-13-27-23(14-16-37-27)24(31)19-36-26-8-6-5-7-25(26)35-4/h5-12,14,16,20,24H,13,15,17-19H2,1-4H3/t24-/m1/s1. The molecule has 0 fully saturated rings. The molecule has 2 amide bonds. The van der Waals surface area contributed by atoms with Crippen LogP contribution in [-0.4, -0.2) is 62.1 Å². The number of methoxy groups -OCH3 is 2. The second-order valence-electron chi connectivity index (χ2n) is 9.42. The number of carbonyl (C=O) groups is 2. The molecular formula is C29H34N2O5S. The van der Waals surface area contributed by atoms with Gasteiger partial charge in [-0.05, 0) is 65.7 Å². The van der Waals surface area contributed by atoms with Crippen LogP contribution in [-0.2, 0) is 11.2 Å². The Kier molecular flexibility index (Phi) is 8.71. The number of hydrogen-bond acceptors (Lipinski definition) is 6. The minimum atomic E-state index is -0.246. The largest absolute Gasteiger partial charge is 0.497 e. The molecule has 0 radical (unpaired) electrons. The fourth-order valence-electron chi connectivity index (χ4n) is 4.61. The van der Waals surface area contributed by atoms with Crippen LogP contribution >= 0.6 is 11.3 Å². The molecule has 3 aromatic rings. The van der Waals surface area contributed by atoms with Crippen LogP contribution in [0.4, 0.5) is 0 Å². The smallest absolute Gasteiger partial charge is 0.254 e. The van der Waals surface area contributed by atoms with Crippen molar-refractivity contribution in [1.29, 1.82) is 0 Å². The zero-order valence-electron chi connectivity index (χ0n) is 21.8. The van der Waals surface area contributed by atoms with Gasteiger partial charge >= 0.3 is 0 Å². The Balaban J connectivity index is 1.54. The third-order valence-electron chi connectivity index (χ3n) is 6.42. The van der Waals surface area contributed by atoms with Crippen LogP contribution in [0, 0.1) is 5.92 Å². The van der Waals surface area contributed by atoms with Gasteiger partial charge in [0.25, 0.3) is 5.91 Å². The highest BCUT2D eigenvalue weighted by Crippen LogP contribution is 2.35. The Hall–Kier alpha value is -3.52. The van der Waals surface area contributed by atoms with Gasteiger partial charge in [-0.2, -0.15) is 0 Å². The average molecular weight is 523 g/mol. The van der Waals surface area contributed by atoms with Crippen LogP contribution < -0.4 is 14.2 Å². The van der Waals surface area contributed by atoms with Crippen LogP contribution in [0.15, 0.2) is 60.0 Å². The lowest BCUT2D eigenvalue weighted by Crippen LogP contribution is -2.48. The maximum absolute atomic E-state index is 13.7. The maximum Gasteiger partial charge on any atom is 0.254 e. The van der Waals surface area contributed by atoms with E-state index < -0.39 is 0 Å². The number of rotatable bonds is 10. The van der Waals surface area contributed by atoms with E-state index >= 15 is 0 Å². The molecule has 2 aromatic carbocycles. The predicted molar refractivity (Wildman–Crippen MR) is 145 cm³/mol. The summed E-state index contributed by atoms with van der Waals surface area (Å²) < 4.78 is 16.8. The van der Waals surface area contributed by atoms with Crippen LogP contribution in [0.5, 0.6) is 17.2 Å². The number of hydrogen-bond donors (Lipinski definition) is 0. The second-order valence-corrected chi connectivity index (χ2v) is 10.4. The molecule has 8 heteroatoms. The molecule has 1 aromatic heterocycles. The van der Waals surface area contributed by atoms with E-state index in [4.69, 9.17) is 14.2 Å². The average Bonchev–Trinajstić information content (AvgIpc) is 3.40. The molecule has 1 atom stereocenters. The highest BCUT2D eigenvalue weighted by atomic mass is 32.1. The van der Waals surface area contributed by atoms with E-state index in [0.717, 1.165) is 12.0 Å². The number of amides is 2. The first-order valence-electron chi connectivity index (χ1n) is 12.5. The molecular weight excluding hydrogens is 488 g/mol. The Morgan fingerprint density at radius 3 is 2.43 bits per heavy atom. The zero-order chi connectivity index (χ0) is 26.4. The maximum atomic E-state index is 13.7. The van der Waals surface area contributed by atoms with E-state index in [1.807, 2.05) is 43.0 Å². The number of nitrogens with zero attached hydrogens (tertiary/aromatic N) is 2. The van der Waals surface area contributed by atoms with Gasteiger partial charge in [-0.25, -0.2) is 0 Å². The molecule has 0 bridgehead atoms. The molecule has 196 valence electrons. The van der Waals surface area contributed by atoms with Crippen LogP contribution in [0.3, 0.4) is 0 Å². The Morgan fingerprint density at radius 1 is 1.03 bits per heavy atom. The minimum absolute atomic E-state index is 0.00761. The number of para-hydroxylation sites is 2. The van der Waals surface area contributed by atoms with Gasteiger partial charge < -0.3 is 24.0 Å². The fourth-order valence-corrected chi connectivity index (χ4v) is 5.54. The topological polar surface area (TPSA) is 68.3 Å². The molecule has 4 rings (SSSR count). The lowest BCUT2D eigenvalue weighted by atomic mass is 10.00. The Bertz CT molecular complexity index is 1210. The van der Waals surface area contributed by atoms with Crippen LogP contribution in [0.2, 0.25) is 0 Å². The summed E-state index contributed by atoms with van der Waals surface area (Å²) in [6, 6.07) is 16.3. The highest BCUT2D eigenvalue weighted by molar-refractivity contribution is 7.10. The number of carbonyl (C=O) groups excluding carboxylic acids is 2. The van der Waals surface area contributed by atoms with Gasteiger partial charge in [0.2, 0.25) is 5.91 Å². The highest BCUT2D eigenvalue weighted by Gasteiger charge is 2.34. The summed E-state index contributed by atoms with van der Waals surface area (Å²) in [4.78, 5) is 31.9. The van der Waals surface area contributed by atoms with Crippen molar-refractivity contribution in [2.24, 2.45) is 5.92 Å². The van der Waals surface area contributed by atoms with Gasteiger partial charge in [-0.15, -0.1) is 11.3 Å². The van der Waals surface area contributed by atoms with Crippen molar-refractivity contribution in [1.82, 2.24) is 9.80 Å². The van der Waals surface area contributed by atoms with E-state index in [-0.39, 0.29) is 30.3 Å². The van der Waals surface area contributed by atoms with E-state index in [2.05, 4.69) is 11.4 Å². The molecule has 7 nitrogen and oxygen atoms in total. The summed E-state index contributed by atoms with van der Waals surface area (Å²) in [5.74, 6) is 1.92. The van der Waals surface area contributed by atoms with Crippen molar-refractivity contribution in [3.63, 3.8) is 0 Å². The van der Waals surface area contributed by atoms with Gasteiger partial charge in [0, 0.05) is 23.5 Å². The fraction of sp³-hybridized carbons (Fsp3) is 0.379. The number of fused-ring (bicyclic) bond motifs is 1. The van der Waals surface area contributed by atoms with Gasteiger partial charge in [0.15, 0.2) is 11.5 Å². The molecule has 0 saturated carbocycles. The van der Waals surface area contributed by atoms with Gasteiger partial charge in [0.1, 0.15) is 18.9 Å². The zero-order valence-corrected chi connectivity index (χ0v) is 22.6. The normalized spacial score (nSPS) is 14.7. The number of ether oxygens (including phenoxy) is 3. The number of benzene rings is 2. The third-order valence-corrected chi connectivity index (χ3v) is 7.41. The van der Waals surface area contributed by atoms with Gasteiger partial charge in [0.05, 0.1) is 20.3 Å². The van der Waals surface area contributed by atoms with Crippen LogP contribution in [0.1, 0.15) is 40.7 Å².